The Morgan fingerprint density at radius 3 is 3.00 bits per heavy atom. The molecule has 1 aliphatic carbocycles. The molecule has 0 spiro atoms. The first kappa shape index (κ1) is 12.9. The van der Waals surface area contributed by atoms with Crippen molar-refractivity contribution < 1.29 is 4.79 Å². The van der Waals surface area contributed by atoms with E-state index >= 15 is 0 Å². The van der Waals surface area contributed by atoms with Gasteiger partial charge in [-0.05, 0) is 43.9 Å². The summed E-state index contributed by atoms with van der Waals surface area (Å²) in [5, 5.41) is 12.5. The number of hydrogen-bond acceptors (Lipinski definition) is 2. The molecule has 1 aliphatic rings. The SMILES string of the molecule is Cc1ccc(Cl)cc1C(=O)NC1CCCC1C#N. The molecule has 0 saturated heterocycles. The highest BCUT2D eigenvalue weighted by Crippen LogP contribution is 2.25. The zero-order valence-corrected chi connectivity index (χ0v) is 11.0. The van der Waals surface area contributed by atoms with Crippen molar-refractivity contribution in [3.8, 4) is 6.07 Å². The van der Waals surface area contributed by atoms with Crippen LogP contribution in [0.5, 0.6) is 0 Å². The summed E-state index contributed by atoms with van der Waals surface area (Å²) in [4.78, 5) is 12.2. The Morgan fingerprint density at radius 1 is 1.50 bits per heavy atom. The Labute approximate surface area is 112 Å². The van der Waals surface area contributed by atoms with Gasteiger partial charge in [-0.2, -0.15) is 5.26 Å². The van der Waals surface area contributed by atoms with Crippen LogP contribution in [0, 0.1) is 24.2 Å². The summed E-state index contributed by atoms with van der Waals surface area (Å²) in [6.45, 7) is 1.88. The fourth-order valence-electron chi connectivity index (χ4n) is 2.37. The molecule has 18 heavy (non-hydrogen) atoms. The molecule has 94 valence electrons. The maximum Gasteiger partial charge on any atom is 0.251 e. The first-order valence-electron chi connectivity index (χ1n) is 6.08. The van der Waals surface area contributed by atoms with Crippen LogP contribution in [0.1, 0.15) is 35.2 Å². The molecule has 1 fully saturated rings. The minimum atomic E-state index is -0.137. The van der Waals surface area contributed by atoms with E-state index < -0.39 is 0 Å². The number of nitriles is 1. The van der Waals surface area contributed by atoms with Gasteiger partial charge in [0.15, 0.2) is 0 Å². The summed E-state index contributed by atoms with van der Waals surface area (Å²) in [6.07, 6.45) is 2.75. The fourth-order valence-corrected chi connectivity index (χ4v) is 2.54. The van der Waals surface area contributed by atoms with Crippen molar-refractivity contribution in [2.24, 2.45) is 5.92 Å². The first-order chi connectivity index (χ1) is 8.61. The molecule has 1 aromatic rings. The van der Waals surface area contributed by atoms with Gasteiger partial charge in [-0.25, -0.2) is 0 Å². The van der Waals surface area contributed by atoms with Crippen molar-refractivity contribution in [1.82, 2.24) is 5.32 Å². The number of carbonyl (C=O) groups excluding carboxylic acids is 1. The molecule has 0 heterocycles. The molecule has 1 amide bonds. The number of nitrogens with one attached hydrogen (secondary N) is 1. The molecular formula is C14H15ClN2O. The van der Waals surface area contributed by atoms with E-state index in [4.69, 9.17) is 16.9 Å². The van der Waals surface area contributed by atoms with Crippen LogP contribution >= 0.6 is 11.6 Å². The van der Waals surface area contributed by atoms with Gasteiger partial charge in [0.2, 0.25) is 0 Å². The van der Waals surface area contributed by atoms with E-state index in [0.717, 1.165) is 24.8 Å². The van der Waals surface area contributed by atoms with Gasteiger partial charge >= 0.3 is 0 Å². The molecule has 2 rings (SSSR count). The molecule has 0 bridgehead atoms. The van der Waals surface area contributed by atoms with Crippen molar-refractivity contribution in [2.75, 3.05) is 0 Å². The van der Waals surface area contributed by atoms with Crippen LogP contribution in [0.3, 0.4) is 0 Å². The molecule has 0 aliphatic heterocycles. The Hall–Kier alpha value is -1.53. The second-order valence-corrected chi connectivity index (χ2v) is 5.14. The fraction of sp³-hybridized carbons (Fsp3) is 0.429. The normalized spacial score (nSPS) is 22.5. The first-order valence-corrected chi connectivity index (χ1v) is 6.46. The lowest BCUT2D eigenvalue weighted by Gasteiger charge is -2.16. The molecule has 0 aromatic heterocycles. The van der Waals surface area contributed by atoms with Crippen LogP contribution < -0.4 is 5.32 Å². The Bertz CT molecular complexity index is 507. The summed E-state index contributed by atoms with van der Waals surface area (Å²) < 4.78 is 0. The molecule has 1 saturated carbocycles. The summed E-state index contributed by atoms with van der Waals surface area (Å²) in [7, 11) is 0. The molecule has 0 radical (unpaired) electrons. The quantitative estimate of drug-likeness (QED) is 0.891. The largest absolute Gasteiger partial charge is 0.348 e. The zero-order valence-electron chi connectivity index (χ0n) is 10.2. The third-order valence-electron chi connectivity index (χ3n) is 3.44. The van der Waals surface area contributed by atoms with E-state index in [2.05, 4.69) is 11.4 Å². The Morgan fingerprint density at radius 2 is 2.28 bits per heavy atom. The third kappa shape index (κ3) is 2.65. The Balaban J connectivity index is 2.13. The summed E-state index contributed by atoms with van der Waals surface area (Å²) in [6, 6.07) is 7.49. The highest BCUT2D eigenvalue weighted by atomic mass is 35.5. The maximum absolute atomic E-state index is 12.2. The number of amides is 1. The summed E-state index contributed by atoms with van der Waals surface area (Å²) in [5.74, 6) is -0.199. The lowest BCUT2D eigenvalue weighted by Crippen LogP contribution is -2.37. The van der Waals surface area contributed by atoms with E-state index in [-0.39, 0.29) is 17.9 Å². The summed E-state index contributed by atoms with van der Waals surface area (Å²) >= 11 is 5.90. The van der Waals surface area contributed by atoms with Gasteiger partial charge in [-0.15, -0.1) is 0 Å². The van der Waals surface area contributed by atoms with Crippen LogP contribution in [0.2, 0.25) is 5.02 Å². The van der Waals surface area contributed by atoms with Crippen molar-refractivity contribution in [2.45, 2.75) is 32.2 Å². The van der Waals surface area contributed by atoms with E-state index in [1.807, 2.05) is 13.0 Å². The van der Waals surface area contributed by atoms with Crippen LogP contribution in [-0.4, -0.2) is 11.9 Å². The van der Waals surface area contributed by atoms with Crippen LogP contribution in [0.25, 0.3) is 0 Å². The smallest absolute Gasteiger partial charge is 0.251 e. The van der Waals surface area contributed by atoms with Gasteiger partial charge in [0.05, 0.1) is 12.0 Å². The van der Waals surface area contributed by atoms with Crippen LogP contribution in [0.15, 0.2) is 18.2 Å². The average molecular weight is 263 g/mol. The lowest BCUT2D eigenvalue weighted by molar-refractivity contribution is 0.0932. The van der Waals surface area contributed by atoms with Gasteiger partial charge in [-0.3, -0.25) is 4.79 Å². The Kier molecular flexibility index (Phi) is 3.88. The van der Waals surface area contributed by atoms with Crippen LogP contribution in [0.4, 0.5) is 0 Å². The van der Waals surface area contributed by atoms with E-state index in [1.165, 1.54) is 0 Å². The standard InChI is InChI=1S/C14H15ClN2O/c1-9-5-6-11(15)7-12(9)14(18)17-13-4-2-3-10(13)8-16/h5-7,10,13H,2-4H2,1H3,(H,17,18). The molecule has 2 unspecified atom stereocenters. The number of rotatable bonds is 2. The third-order valence-corrected chi connectivity index (χ3v) is 3.68. The van der Waals surface area contributed by atoms with Crippen molar-refractivity contribution in [3.63, 3.8) is 0 Å². The van der Waals surface area contributed by atoms with E-state index in [0.29, 0.717) is 10.6 Å². The van der Waals surface area contributed by atoms with Crippen molar-refractivity contribution >= 4 is 17.5 Å². The number of aryl methyl sites for hydroxylation is 1. The number of carbonyl (C=O) groups is 1. The number of nitrogens with zero attached hydrogens (tertiary/aromatic N) is 1. The van der Waals surface area contributed by atoms with Gasteiger partial charge in [0.25, 0.3) is 5.91 Å². The molecule has 2 atom stereocenters. The van der Waals surface area contributed by atoms with Gasteiger partial charge in [0.1, 0.15) is 0 Å². The van der Waals surface area contributed by atoms with Crippen molar-refractivity contribution in [1.29, 1.82) is 5.26 Å². The second-order valence-electron chi connectivity index (χ2n) is 4.71. The zero-order chi connectivity index (χ0) is 13.1. The number of halogens is 1. The predicted octanol–water partition coefficient (Wildman–Crippen LogP) is 3.07. The highest BCUT2D eigenvalue weighted by Gasteiger charge is 2.28. The molecule has 1 N–H and O–H groups in total. The minimum Gasteiger partial charge on any atom is -0.348 e. The predicted molar refractivity (Wildman–Crippen MR) is 70.4 cm³/mol. The molecule has 1 aromatic carbocycles. The van der Waals surface area contributed by atoms with Gasteiger partial charge in [-0.1, -0.05) is 17.7 Å². The van der Waals surface area contributed by atoms with Gasteiger partial charge in [0, 0.05) is 16.6 Å². The van der Waals surface area contributed by atoms with Gasteiger partial charge < -0.3 is 5.32 Å². The molecular weight excluding hydrogens is 248 g/mol. The molecule has 3 nitrogen and oxygen atoms in total. The average Bonchev–Trinajstić information content (AvgIpc) is 2.79. The highest BCUT2D eigenvalue weighted by molar-refractivity contribution is 6.31. The second kappa shape index (κ2) is 5.41. The van der Waals surface area contributed by atoms with E-state index in [9.17, 15) is 4.79 Å². The van der Waals surface area contributed by atoms with Crippen molar-refractivity contribution in [3.05, 3.63) is 34.3 Å². The number of benzene rings is 1. The maximum atomic E-state index is 12.2. The molecule has 4 heteroatoms. The topological polar surface area (TPSA) is 52.9 Å². The lowest BCUT2D eigenvalue weighted by atomic mass is 10.0. The van der Waals surface area contributed by atoms with E-state index in [1.54, 1.807) is 12.1 Å². The summed E-state index contributed by atoms with van der Waals surface area (Å²) in [5.41, 5.74) is 1.48. The number of hydrogen-bond donors (Lipinski definition) is 1. The monoisotopic (exact) mass is 262 g/mol. The minimum absolute atomic E-state index is 0.0270. The van der Waals surface area contributed by atoms with Crippen LogP contribution in [-0.2, 0) is 0 Å².